The molecule has 0 spiro atoms. The summed E-state index contributed by atoms with van der Waals surface area (Å²) in [6.45, 7) is 9.56. The lowest BCUT2D eigenvalue weighted by molar-refractivity contribution is -0.160. The number of ether oxygens (including phenoxy) is 1. The molecule has 1 aliphatic heterocycles. The summed E-state index contributed by atoms with van der Waals surface area (Å²) >= 11 is 0. The topological polar surface area (TPSA) is 86.8 Å². The van der Waals surface area contributed by atoms with Gasteiger partial charge in [-0.05, 0) is 52.7 Å². The third-order valence-electron chi connectivity index (χ3n) is 4.00. The lowest BCUT2D eigenvalue weighted by Crippen LogP contribution is -2.32. The Balaban J connectivity index is 2.31. The normalized spacial score (nSPS) is 23.8. The maximum Gasteiger partial charge on any atom is 0.347 e. The van der Waals surface area contributed by atoms with Crippen LogP contribution < -0.4 is 5.32 Å². The zero-order valence-corrected chi connectivity index (χ0v) is 17.0. The van der Waals surface area contributed by atoms with Crippen LogP contribution >= 0.6 is 7.60 Å². The molecule has 0 radical (unpaired) electrons. The fourth-order valence-electron chi connectivity index (χ4n) is 3.06. The predicted octanol–water partition coefficient (Wildman–Crippen LogP) is 3.67. The highest BCUT2D eigenvalue weighted by Crippen LogP contribution is 2.57. The van der Waals surface area contributed by atoms with E-state index in [0.29, 0.717) is 6.42 Å². The van der Waals surface area contributed by atoms with Crippen molar-refractivity contribution in [2.75, 3.05) is 13.2 Å². The first-order valence-corrected chi connectivity index (χ1v) is 10.6. The van der Waals surface area contributed by atoms with Crippen LogP contribution in [0.25, 0.3) is 0 Å². The van der Waals surface area contributed by atoms with Crippen LogP contribution in [0.2, 0.25) is 0 Å². The van der Waals surface area contributed by atoms with E-state index in [9.17, 15) is 9.36 Å². The second-order valence-corrected chi connectivity index (χ2v) is 9.42. The minimum absolute atomic E-state index is 0.268. The van der Waals surface area contributed by atoms with Gasteiger partial charge in [0.2, 0.25) is 0 Å². The Morgan fingerprint density at radius 1 is 1.31 bits per heavy atom. The molecule has 1 aromatic heterocycles. The van der Waals surface area contributed by atoms with Crippen LogP contribution in [-0.2, 0) is 23.1 Å². The summed E-state index contributed by atoms with van der Waals surface area (Å²) < 4.78 is 29.7. The van der Waals surface area contributed by atoms with E-state index in [0.717, 1.165) is 5.56 Å². The Hall–Kier alpha value is -1.27. The maximum atomic E-state index is 13.2. The first-order valence-electron chi connectivity index (χ1n) is 8.97. The molecule has 0 bridgehead atoms. The molecule has 0 aromatic carbocycles. The van der Waals surface area contributed by atoms with Crippen molar-refractivity contribution < 1.29 is 23.1 Å². The maximum absolute atomic E-state index is 13.2. The Labute approximate surface area is 155 Å². The van der Waals surface area contributed by atoms with E-state index in [1.54, 1.807) is 32.3 Å². The molecule has 2 heterocycles. The minimum Gasteiger partial charge on any atom is -0.460 e. The van der Waals surface area contributed by atoms with Crippen LogP contribution in [0.1, 0.15) is 52.6 Å². The summed E-state index contributed by atoms with van der Waals surface area (Å²) in [5.41, 5.74) is 0.239. The van der Waals surface area contributed by atoms with E-state index in [2.05, 4.69) is 10.3 Å². The van der Waals surface area contributed by atoms with Gasteiger partial charge >= 0.3 is 13.6 Å². The summed E-state index contributed by atoms with van der Waals surface area (Å²) in [5, 5.41) is 3.28. The van der Waals surface area contributed by atoms with Crippen LogP contribution in [0.5, 0.6) is 0 Å². The molecule has 7 nitrogen and oxygen atoms in total. The van der Waals surface area contributed by atoms with E-state index in [4.69, 9.17) is 13.8 Å². The van der Waals surface area contributed by atoms with Crippen LogP contribution in [0.3, 0.4) is 0 Å². The largest absolute Gasteiger partial charge is 0.460 e. The average molecular weight is 384 g/mol. The Kier molecular flexibility index (Phi) is 6.97. The third kappa shape index (κ3) is 5.13. The summed E-state index contributed by atoms with van der Waals surface area (Å²) in [6.07, 6.45) is 3.68. The third-order valence-corrected chi connectivity index (χ3v) is 6.36. The van der Waals surface area contributed by atoms with Crippen molar-refractivity contribution in [3.8, 4) is 0 Å². The number of esters is 1. The van der Waals surface area contributed by atoms with Crippen molar-refractivity contribution in [2.45, 2.75) is 58.5 Å². The summed E-state index contributed by atoms with van der Waals surface area (Å²) in [5.74, 6) is -1.41. The van der Waals surface area contributed by atoms with Crippen molar-refractivity contribution in [3.63, 3.8) is 0 Å². The molecule has 1 aliphatic rings. The lowest BCUT2D eigenvalue weighted by Gasteiger charge is -2.24. The average Bonchev–Trinajstić information content (AvgIpc) is 3.01. The highest BCUT2D eigenvalue weighted by Gasteiger charge is 2.49. The molecule has 0 saturated carbocycles. The van der Waals surface area contributed by atoms with Crippen molar-refractivity contribution >= 4 is 13.6 Å². The van der Waals surface area contributed by atoms with Crippen LogP contribution in [-0.4, -0.2) is 35.6 Å². The number of nitrogens with zero attached hydrogens (tertiary/aromatic N) is 1. The zero-order chi connectivity index (χ0) is 19.4. The van der Waals surface area contributed by atoms with Gasteiger partial charge in [-0.15, -0.1) is 0 Å². The zero-order valence-electron chi connectivity index (χ0n) is 16.1. The molecule has 1 saturated heterocycles. The van der Waals surface area contributed by atoms with Crippen LogP contribution in [0.4, 0.5) is 0 Å². The number of hydrogen-bond donors (Lipinski definition) is 1. The summed E-state index contributed by atoms with van der Waals surface area (Å²) in [6, 6.07) is 3.33. The van der Waals surface area contributed by atoms with Gasteiger partial charge in [0, 0.05) is 18.4 Å². The number of pyridine rings is 1. The van der Waals surface area contributed by atoms with Crippen molar-refractivity contribution in [1.29, 1.82) is 0 Å². The Morgan fingerprint density at radius 3 is 2.46 bits per heavy atom. The highest BCUT2D eigenvalue weighted by atomic mass is 31.2. The molecule has 8 heteroatoms. The first-order chi connectivity index (χ1) is 12.2. The number of nitrogens with one attached hydrogen (secondary N) is 1. The standard InChI is InChI=1S/C18H29N2O5P/c1-6-23-26(22,24-7-2)15-11-14(17(21)25-18(3,4)5)16(20-15)13-9-8-10-19-12-13/h8-10,12,14-16,20H,6-7,11H2,1-5H3/t14-,15-,16+/m0/s1. The molecule has 0 amide bonds. The molecule has 0 unspecified atom stereocenters. The number of carbonyl (C=O) groups excluding carboxylic acids is 1. The second kappa shape index (κ2) is 8.61. The highest BCUT2D eigenvalue weighted by molar-refractivity contribution is 7.54. The number of hydrogen-bond acceptors (Lipinski definition) is 7. The fraction of sp³-hybridized carbons (Fsp3) is 0.667. The molecular formula is C18H29N2O5P. The number of rotatable bonds is 7. The summed E-state index contributed by atoms with van der Waals surface area (Å²) in [7, 11) is -3.39. The van der Waals surface area contributed by atoms with E-state index in [1.165, 1.54) is 0 Å². The molecule has 1 N–H and O–H groups in total. The monoisotopic (exact) mass is 384 g/mol. The molecule has 1 aromatic rings. The van der Waals surface area contributed by atoms with E-state index in [-0.39, 0.29) is 25.2 Å². The van der Waals surface area contributed by atoms with Gasteiger partial charge in [0.1, 0.15) is 11.4 Å². The minimum atomic E-state index is -3.39. The van der Waals surface area contributed by atoms with Gasteiger partial charge in [0.15, 0.2) is 0 Å². The van der Waals surface area contributed by atoms with Gasteiger partial charge in [-0.3, -0.25) is 19.7 Å². The Morgan fingerprint density at radius 2 is 1.96 bits per heavy atom. The fourth-order valence-corrected chi connectivity index (χ4v) is 5.05. The van der Waals surface area contributed by atoms with Gasteiger partial charge in [-0.25, -0.2) is 0 Å². The van der Waals surface area contributed by atoms with Gasteiger partial charge in [0.05, 0.1) is 19.1 Å². The number of carbonyl (C=O) groups is 1. The van der Waals surface area contributed by atoms with E-state index in [1.807, 2.05) is 26.8 Å². The molecule has 0 aliphatic carbocycles. The molecular weight excluding hydrogens is 355 g/mol. The quantitative estimate of drug-likeness (QED) is 0.567. The molecule has 146 valence electrons. The SMILES string of the molecule is CCOP(=O)(OCC)[C@H]1C[C@H](C(=O)OC(C)(C)C)[C@@H](c2cccnc2)N1. The smallest absolute Gasteiger partial charge is 0.347 e. The van der Waals surface area contributed by atoms with Crippen molar-refractivity contribution in [2.24, 2.45) is 5.92 Å². The molecule has 2 rings (SSSR count). The van der Waals surface area contributed by atoms with Gasteiger partial charge in [0.25, 0.3) is 0 Å². The molecule has 1 fully saturated rings. The second-order valence-electron chi connectivity index (χ2n) is 7.20. The number of aromatic nitrogens is 1. The van der Waals surface area contributed by atoms with Crippen molar-refractivity contribution in [3.05, 3.63) is 30.1 Å². The van der Waals surface area contributed by atoms with E-state index < -0.39 is 24.9 Å². The van der Waals surface area contributed by atoms with Gasteiger partial charge in [-0.1, -0.05) is 6.07 Å². The van der Waals surface area contributed by atoms with E-state index >= 15 is 0 Å². The van der Waals surface area contributed by atoms with Crippen LogP contribution in [0, 0.1) is 5.92 Å². The molecule has 3 atom stereocenters. The first kappa shape index (κ1) is 21.0. The van der Waals surface area contributed by atoms with Gasteiger partial charge in [-0.2, -0.15) is 0 Å². The predicted molar refractivity (Wildman–Crippen MR) is 98.7 cm³/mol. The lowest BCUT2D eigenvalue weighted by atomic mass is 9.95. The Bertz CT molecular complexity index is 637. The van der Waals surface area contributed by atoms with Gasteiger partial charge < -0.3 is 13.8 Å². The van der Waals surface area contributed by atoms with Crippen LogP contribution in [0.15, 0.2) is 24.5 Å². The van der Waals surface area contributed by atoms with Crippen molar-refractivity contribution in [1.82, 2.24) is 10.3 Å². The summed E-state index contributed by atoms with van der Waals surface area (Å²) in [4.78, 5) is 16.9. The molecule has 26 heavy (non-hydrogen) atoms.